The second-order valence-electron chi connectivity index (χ2n) is 8.69. The third-order valence-electron chi connectivity index (χ3n) is 6.02. The highest BCUT2D eigenvalue weighted by molar-refractivity contribution is 5.91. The molecule has 6 nitrogen and oxygen atoms in total. The summed E-state index contributed by atoms with van der Waals surface area (Å²) in [5.74, 6) is 2.19. The summed E-state index contributed by atoms with van der Waals surface area (Å²) in [7, 11) is 3.27. The standard InChI is InChI=1S/C30H32N2O4/c1-22(25-12-8-5-9-13-25)31-30(33)28-17-15-26(36-28)21-32(19-23-10-6-4-7-11-23)20-24-14-16-27(34-2)29(18-24)35-3/h4-18,22H,19-21H2,1-3H3,(H,31,33). The summed E-state index contributed by atoms with van der Waals surface area (Å²) in [5.41, 5.74) is 3.32. The van der Waals surface area contributed by atoms with Gasteiger partial charge in [-0.3, -0.25) is 9.69 Å². The normalized spacial score (nSPS) is 11.8. The van der Waals surface area contributed by atoms with Gasteiger partial charge >= 0.3 is 0 Å². The highest BCUT2D eigenvalue weighted by atomic mass is 16.5. The van der Waals surface area contributed by atoms with Gasteiger partial charge in [-0.05, 0) is 47.9 Å². The molecule has 0 saturated heterocycles. The van der Waals surface area contributed by atoms with E-state index in [4.69, 9.17) is 13.9 Å². The quantitative estimate of drug-likeness (QED) is 0.283. The Balaban J connectivity index is 1.48. The van der Waals surface area contributed by atoms with E-state index in [9.17, 15) is 4.79 Å². The van der Waals surface area contributed by atoms with Crippen LogP contribution in [0.2, 0.25) is 0 Å². The Kier molecular flexibility index (Phi) is 8.42. The van der Waals surface area contributed by atoms with Crippen LogP contribution >= 0.6 is 0 Å². The van der Waals surface area contributed by atoms with Gasteiger partial charge < -0.3 is 19.2 Å². The molecule has 0 aliphatic carbocycles. The van der Waals surface area contributed by atoms with Gasteiger partial charge in [0.15, 0.2) is 17.3 Å². The minimum Gasteiger partial charge on any atom is -0.493 e. The van der Waals surface area contributed by atoms with E-state index >= 15 is 0 Å². The predicted octanol–water partition coefficient (Wildman–Crippen LogP) is 5.99. The molecule has 1 heterocycles. The fourth-order valence-electron chi connectivity index (χ4n) is 4.14. The maximum atomic E-state index is 12.8. The van der Waals surface area contributed by atoms with Gasteiger partial charge in [0.25, 0.3) is 5.91 Å². The smallest absolute Gasteiger partial charge is 0.287 e. The number of hydrogen-bond acceptors (Lipinski definition) is 5. The van der Waals surface area contributed by atoms with Gasteiger partial charge in [0.05, 0.1) is 26.8 Å². The topological polar surface area (TPSA) is 63.9 Å². The number of nitrogens with zero attached hydrogens (tertiary/aromatic N) is 1. The molecule has 6 heteroatoms. The van der Waals surface area contributed by atoms with E-state index in [-0.39, 0.29) is 11.9 Å². The number of rotatable bonds is 11. The maximum Gasteiger partial charge on any atom is 0.287 e. The summed E-state index contributed by atoms with van der Waals surface area (Å²) >= 11 is 0. The highest BCUT2D eigenvalue weighted by Gasteiger charge is 2.17. The van der Waals surface area contributed by atoms with Crippen LogP contribution in [-0.2, 0) is 19.6 Å². The molecule has 186 valence electrons. The van der Waals surface area contributed by atoms with Gasteiger partial charge in [-0.25, -0.2) is 0 Å². The van der Waals surface area contributed by atoms with Crippen molar-refractivity contribution >= 4 is 5.91 Å². The first-order valence-corrected chi connectivity index (χ1v) is 12.0. The first-order chi connectivity index (χ1) is 17.6. The van der Waals surface area contributed by atoms with Crippen LogP contribution in [0.4, 0.5) is 0 Å². The number of hydrogen-bond donors (Lipinski definition) is 1. The average molecular weight is 485 g/mol. The zero-order valence-corrected chi connectivity index (χ0v) is 20.9. The average Bonchev–Trinajstić information content (AvgIpc) is 3.38. The number of nitrogens with one attached hydrogen (secondary N) is 1. The molecule has 0 spiro atoms. The molecular weight excluding hydrogens is 452 g/mol. The Morgan fingerprint density at radius 1 is 0.806 bits per heavy atom. The van der Waals surface area contributed by atoms with Crippen molar-refractivity contribution < 1.29 is 18.7 Å². The molecule has 1 atom stereocenters. The lowest BCUT2D eigenvalue weighted by Crippen LogP contribution is -2.26. The van der Waals surface area contributed by atoms with Crippen LogP contribution in [0.15, 0.2) is 95.4 Å². The predicted molar refractivity (Wildman–Crippen MR) is 140 cm³/mol. The van der Waals surface area contributed by atoms with E-state index in [0.717, 1.165) is 23.4 Å². The summed E-state index contributed by atoms with van der Waals surface area (Å²) in [4.78, 5) is 15.1. The van der Waals surface area contributed by atoms with Gasteiger partial charge in [-0.1, -0.05) is 66.7 Å². The third-order valence-corrected chi connectivity index (χ3v) is 6.02. The summed E-state index contributed by atoms with van der Waals surface area (Å²) in [6, 6.07) is 29.6. The second kappa shape index (κ2) is 12.1. The molecule has 36 heavy (non-hydrogen) atoms. The monoisotopic (exact) mass is 484 g/mol. The molecule has 0 aliphatic heterocycles. The van der Waals surface area contributed by atoms with Crippen LogP contribution in [0.1, 0.15) is 46.0 Å². The Morgan fingerprint density at radius 3 is 2.17 bits per heavy atom. The SMILES string of the molecule is COc1ccc(CN(Cc2ccccc2)Cc2ccc(C(=O)NC(C)c3ccccc3)o2)cc1OC. The van der Waals surface area contributed by atoms with E-state index in [2.05, 4.69) is 22.3 Å². The summed E-state index contributed by atoms with van der Waals surface area (Å²) in [6.07, 6.45) is 0. The van der Waals surface area contributed by atoms with Gasteiger partial charge in [0, 0.05) is 13.1 Å². The van der Waals surface area contributed by atoms with Crippen molar-refractivity contribution in [2.75, 3.05) is 14.2 Å². The third kappa shape index (κ3) is 6.55. The summed E-state index contributed by atoms with van der Waals surface area (Å²) in [6.45, 7) is 3.90. The molecule has 4 rings (SSSR count). The maximum absolute atomic E-state index is 12.8. The van der Waals surface area contributed by atoms with E-state index in [0.29, 0.717) is 30.3 Å². The molecular formula is C30H32N2O4. The number of amides is 1. The Morgan fingerprint density at radius 2 is 1.47 bits per heavy atom. The van der Waals surface area contributed by atoms with E-state index in [1.54, 1.807) is 20.3 Å². The lowest BCUT2D eigenvalue weighted by atomic mass is 10.1. The number of furan rings is 1. The van der Waals surface area contributed by atoms with Crippen LogP contribution in [-0.4, -0.2) is 25.0 Å². The molecule has 3 aromatic carbocycles. The lowest BCUT2D eigenvalue weighted by molar-refractivity contribution is 0.0907. The first kappa shape index (κ1) is 25.1. The van der Waals surface area contributed by atoms with Crippen LogP contribution in [0.3, 0.4) is 0 Å². The molecule has 0 aliphatic rings. The van der Waals surface area contributed by atoms with Crippen molar-refractivity contribution in [2.45, 2.75) is 32.6 Å². The molecule has 0 radical (unpaired) electrons. The number of carbonyl (C=O) groups excluding carboxylic acids is 1. The van der Waals surface area contributed by atoms with Crippen molar-refractivity contribution in [3.8, 4) is 11.5 Å². The number of methoxy groups -OCH3 is 2. The number of benzene rings is 3. The van der Waals surface area contributed by atoms with Crippen molar-refractivity contribution in [3.63, 3.8) is 0 Å². The molecule has 0 bridgehead atoms. The number of ether oxygens (including phenoxy) is 2. The summed E-state index contributed by atoms with van der Waals surface area (Å²) < 4.78 is 16.8. The molecule has 0 saturated carbocycles. The lowest BCUT2D eigenvalue weighted by Gasteiger charge is -2.22. The van der Waals surface area contributed by atoms with E-state index in [1.165, 1.54) is 5.56 Å². The largest absolute Gasteiger partial charge is 0.493 e. The molecule has 1 amide bonds. The zero-order chi connectivity index (χ0) is 25.3. The van der Waals surface area contributed by atoms with Gasteiger partial charge in [0.2, 0.25) is 0 Å². The van der Waals surface area contributed by atoms with Crippen molar-refractivity contribution in [3.05, 3.63) is 119 Å². The van der Waals surface area contributed by atoms with Crippen molar-refractivity contribution in [2.24, 2.45) is 0 Å². The minimum absolute atomic E-state index is 0.119. The fraction of sp³-hybridized carbons (Fsp3) is 0.233. The van der Waals surface area contributed by atoms with Crippen molar-refractivity contribution in [1.29, 1.82) is 0 Å². The molecule has 4 aromatic rings. The second-order valence-corrected chi connectivity index (χ2v) is 8.69. The van der Waals surface area contributed by atoms with Gasteiger partial charge in [-0.2, -0.15) is 0 Å². The van der Waals surface area contributed by atoms with E-state index < -0.39 is 0 Å². The van der Waals surface area contributed by atoms with Gasteiger partial charge in [0.1, 0.15) is 5.76 Å². The van der Waals surface area contributed by atoms with Crippen molar-refractivity contribution in [1.82, 2.24) is 10.2 Å². The molecule has 1 aromatic heterocycles. The fourth-order valence-corrected chi connectivity index (χ4v) is 4.14. The van der Waals surface area contributed by atoms with Gasteiger partial charge in [-0.15, -0.1) is 0 Å². The van der Waals surface area contributed by atoms with Crippen LogP contribution in [0.25, 0.3) is 0 Å². The first-order valence-electron chi connectivity index (χ1n) is 12.0. The summed E-state index contributed by atoms with van der Waals surface area (Å²) in [5, 5.41) is 3.01. The van der Waals surface area contributed by atoms with Crippen LogP contribution in [0.5, 0.6) is 11.5 Å². The molecule has 1 unspecified atom stereocenters. The Bertz CT molecular complexity index is 1250. The Labute approximate surface area is 212 Å². The number of carbonyl (C=O) groups is 1. The van der Waals surface area contributed by atoms with E-state index in [1.807, 2.05) is 79.7 Å². The Hall–Kier alpha value is -4.03. The van der Waals surface area contributed by atoms with Crippen LogP contribution < -0.4 is 14.8 Å². The molecule has 1 N–H and O–H groups in total. The molecule has 0 fully saturated rings. The highest BCUT2D eigenvalue weighted by Crippen LogP contribution is 2.28. The van der Waals surface area contributed by atoms with Crippen LogP contribution in [0, 0.1) is 0 Å². The zero-order valence-electron chi connectivity index (χ0n) is 20.9. The minimum atomic E-state index is -0.230.